The number of nitrogens with zero attached hydrogens (tertiary/aromatic N) is 1. The van der Waals surface area contributed by atoms with E-state index in [1.807, 2.05) is 13.8 Å². The highest BCUT2D eigenvalue weighted by atomic mass is 32.1. The van der Waals surface area contributed by atoms with Gasteiger partial charge in [0.2, 0.25) is 0 Å². The number of amides is 2. The lowest BCUT2D eigenvalue weighted by atomic mass is 10.3. The van der Waals surface area contributed by atoms with Crippen LogP contribution in [0.15, 0.2) is 12.1 Å². The Morgan fingerprint density at radius 2 is 2.11 bits per heavy atom. The van der Waals surface area contributed by atoms with E-state index in [1.54, 1.807) is 0 Å². The number of urea groups is 1. The number of nitrogens with one attached hydrogen (secondary N) is 2. The zero-order chi connectivity index (χ0) is 13.3. The number of carbonyl (C=O) groups excluding carboxylic acids is 1. The molecule has 4 nitrogen and oxygen atoms in total. The molecule has 2 aromatic rings. The van der Waals surface area contributed by atoms with Crippen LogP contribution in [-0.4, -0.2) is 17.1 Å². The quantitative estimate of drug-likeness (QED) is 0.881. The fourth-order valence-corrected chi connectivity index (χ4v) is 2.31. The second-order valence-electron chi connectivity index (χ2n) is 4.01. The maximum atomic E-state index is 13.4. The van der Waals surface area contributed by atoms with E-state index in [0.717, 1.165) is 17.4 Å². The van der Waals surface area contributed by atoms with E-state index in [-0.39, 0.29) is 16.7 Å². The van der Waals surface area contributed by atoms with Gasteiger partial charge in [0.05, 0.1) is 4.70 Å². The summed E-state index contributed by atoms with van der Waals surface area (Å²) in [7, 11) is 0. The normalized spacial score (nSPS) is 10.9. The van der Waals surface area contributed by atoms with Crippen molar-refractivity contribution in [1.82, 2.24) is 10.3 Å². The van der Waals surface area contributed by atoms with Crippen molar-refractivity contribution in [3.63, 3.8) is 0 Å². The zero-order valence-electron chi connectivity index (χ0n) is 9.75. The highest BCUT2D eigenvalue weighted by Crippen LogP contribution is 2.28. The molecule has 0 saturated carbocycles. The molecule has 2 rings (SSSR count). The Morgan fingerprint density at radius 1 is 1.39 bits per heavy atom. The molecule has 1 heterocycles. The number of thiazole rings is 1. The Bertz CT molecular complexity index is 597. The van der Waals surface area contributed by atoms with Crippen LogP contribution in [0.1, 0.15) is 13.8 Å². The molecule has 0 aliphatic carbocycles. The Labute approximate surface area is 106 Å². The summed E-state index contributed by atoms with van der Waals surface area (Å²) < 4.78 is 26.7. The van der Waals surface area contributed by atoms with Gasteiger partial charge in [-0.2, -0.15) is 0 Å². The number of hydrogen-bond acceptors (Lipinski definition) is 3. The standard InChI is InChI=1S/C11H11F2N3OS/c1-5(2)14-10(17)16-11-15-9-7(13)3-6(12)4-8(9)18-11/h3-5H,1-2H3,(H2,14,15,16,17). The lowest BCUT2D eigenvalue weighted by molar-refractivity contribution is 0.250. The number of benzene rings is 1. The Hall–Kier alpha value is -1.76. The van der Waals surface area contributed by atoms with Crippen molar-refractivity contribution in [2.24, 2.45) is 0 Å². The van der Waals surface area contributed by atoms with Crippen LogP contribution in [-0.2, 0) is 0 Å². The molecular formula is C11H11F2N3OS. The van der Waals surface area contributed by atoms with E-state index in [2.05, 4.69) is 15.6 Å². The average Bonchev–Trinajstić information content (AvgIpc) is 2.58. The highest BCUT2D eigenvalue weighted by Gasteiger charge is 2.12. The molecule has 1 aromatic carbocycles. The highest BCUT2D eigenvalue weighted by molar-refractivity contribution is 7.22. The summed E-state index contributed by atoms with van der Waals surface area (Å²) >= 11 is 1.02. The van der Waals surface area contributed by atoms with E-state index in [9.17, 15) is 13.6 Å². The molecule has 0 spiro atoms. The number of fused-ring (bicyclic) bond motifs is 1. The van der Waals surface area contributed by atoms with Gasteiger partial charge < -0.3 is 5.32 Å². The molecular weight excluding hydrogens is 260 g/mol. The molecule has 0 aliphatic rings. The molecule has 2 amide bonds. The van der Waals surface area contributed by atoms with Gasteiger partial charge in [0.15, 0.2) is 10.9 Å². The van der Waals surface area contributed by atoms with Crippen LogP contribution in [0.3, 0.4) is 0 Å². The first-order valence-electron chi connectivity index (χ1n) is 5.29. The molecule has 0 saturated heterocycles. The van der Waals surface area contributed by atoms with Crippen LogP contribution in [0.25, 0.3) is 10.2 Å². The van der Waals surface area contributed by atoms with Crippen LogP contribution in [0, 0.1) is 11.6 Å². The molecule has 2 N–H and O–H groups in total. The van der Waals surface area contributed by atoms with E-state index < -0.39 is 17.7 Å². The largest absolute Gasteiger partial charge is 0.336 e. The fraction of sp³-hybridized carbons (Fsp3) is 0.273. The first-order valence-corrected chi connectivity index (χ1v) is 6.10. The number of rotatable bonds is 2. The lowest BCUT2D eigenvalue weighted by Crippen LogP contribution is -2.34. The van der Waals surface area contributed by atoms with Gasteiger partial charge in [-0.05, 0) is 19.9 Å². The second-order valence-corrected chi connectivity index (χ2v) is 5.04. The third kappa shape index (κ3) is 2.73. The van der Waals surface area contributed by atoms with Gasteiger partial charge in [0, 0.05) is 12.1 Å². The van der Waals surface area contributed by atoms with Crippen LogP contribution < -0.4 is 10.6 Å². The lowest BCUT2D eigenvalue weighted by Gasteiger charge is -2.07. The molecule has 0 bridgehead atoms. The van der Waals surface area contributed by atoms with Crippen molar-refractivity contribution in [3.05, 3.63) is 23.8 Å². The summed E-state index contributed by atoms with van der Waals surface area (Å²) in [6.07, 6.45) is 0. The molecule has 0 fully saturated rings. The second kappa shape index (κ2) is 4.85. The number of hydrogen-bond donors (Lipinski definition) is 2. The van der Waals surface area contributed by atoms with Crippen molar-refractivity contribution in [2.75, 3.05) is 5.32 Å². The summed E-state index contributed by atoms with van der Waals surface area (Å²) in [6.45, 7) is 3.62. The van der Waals surface area contributed by atoms with Gasteiger partial charge >= 0.3 is 6.03 Å². The molecule has 7 heteroatoms. The minimum atomic E-state index is -0.737. The molecule has 96 valence electrons. The monoisotopic (exact) mass is 271 g/mol. The molecule has 0 radical (unpaired) electrons. The third-order valence-electron chi connectivity index (χ3n) is 2.05. The molecule has 0 atom stereocenters. The van der Waals surface area contributed by atoms with Crippen molar-refractivity contribution < 1.29 is 13.6 Å². The van der Waals surface area contributed by atoms with E-state index in [0.29, 0.717) is 4.70 Å². The topological polar surface area (TPSA) is 54.0 Å². The minimum Gasteiger partial charge on any atom is -0.336 e. The van der Waals surface area contributed by atoms with E-state index >= 15 is 0 Å². The summed E-state index contributed by atoms with van der Waals surface area (Å²) in [5.74, 6) is -1.40. The summed E-state index contributed by atoms with van der Waals surface area (Å²) in [6, 6.07) is 1.50. The molecule has 0 unspecified atom stereocenters. The van der Waals surface area contributed by atoms with Crippen LogP contribution in [0.2, 0.25) is 0 Å². The Balaban J connectivity index is 2.25. The molecule has 1 aromatic heterocycles. The van der Waals surface area contributed by atoms with Gasteiger partial charge in [-0.3, -0.25) is 5.32 Å². The van der Waals surface area contributed by atoms with Crippen molar-refractivity contribution in [3.8, 4) is 0 Å². The average molecular weight is 271 g/mol. The van der Waals surface area contributed by atoms with Gasteiger partial charge in [-0.25, -0.2) is 18.6 Å². The van der Waals surface area contributed by atoms with Crippen molar-refractivity contribution >= 4 is 32.7 Å². The summed E-state index contributed by atoms with van der Waals surface area (Å²) in [5.41, 5.74) is 0.0567. The summed E-state index contributed by atoms with van der Waals surface area (Å²) in [4.78, 5) is 15.3. The number of halogens is 2. The van der Waals surface area contributed by atoms with Crippen molar-refractivity contribution in [2.45, 2.75) is 19.9 Å². The Morgan fingerprint density at radius 3 is 2.78 bits per heavy atom. The predicted molar refractivity (Wildman–Crippen MR) is 66.8 cm³/mol. The number of anilines is 1. The van der Waals surface area contributed by atoms with E-state index in [1.165, 1.54) is 6.07 Å². The maximum Gasteiger partial charge on any atom is 0.321 e. The summed E-state index contributed by atoms with van der Waals surface area (Å²) in [5, 5.41) is 5.32. The SMILES string of the molecule is CC(C)NC(=O)Nc1nc2c(F)cc(F)cc2s1. The number of carbonyl (C=O) groups is 1. The molecule has 0 aliphatic heterocycles. The van der Waals surface area contributed by atoms with Gasteiger partial charge in [-0.1, -0.05) is 11.3 Å². The number of aromatic nitrogens is 1. The van der Waals surface area contributed by atoms with Crippen LogP contribution in [0.4, 0.5) is 18.7 Å². The molecule has 18 heavy (non-hydrogen) atoms. The van der Waals surface area contributed by atoms with Crippen LogP contribution >= 0.6 is 11.3 Å². The van der Waals surface area contributed by atoms with Gasteiger partial charge in [-0.15, -0.1) is 0 Å². The minimum absolute atomic E-state index is 0.0199. The Kier molecular flexibility index (Phi) is 3.42. The van der Waals surface area contributed by atoms with Gasteiger partial charge in [0.25, 0.3) is 0 Å². The predicted octanol–water partition coefficient (Wildman–Crippen LogP) is 3.10. The first-order chi connectivity index (χ1) is 8.45. The maximum absolute atomic E-state index is 13.4. The van der Waals surface area contributed by atoms with Gasteiger partial charge in [0.1, 0.15) is 11.3 Å². The zero-order valence-corrected chi connectivity index (χ0v) is 10.6. The fourth-order valence-electron chi connectivity index (χ4n) is 1.41. The van der Waals surface area contributed by atoms with Crippen LogP contribution in [0.5, 0.6) is 0 Å². The first kappa shape index (κ1) is 12.7. The smallest absolute Gasteiger partial charge is 0.321 e. The van der Waals surface area contributed by atoms with Crippen molar-refractivity contribution in [1.29, 1.82) is 0 Å². The van der Waals surface area contributed by atoms with E-state index in [4.69, 9.17) is 0 Å². The third-order valence-corrected chi connectivity index (χ3v) is 2.97.